The summed E-state index contributed by atoms with van der Waals surface area (Å²) in [4.78, 5) is 18.0. The Kier molecular flexibility index (Phi) is 3.00. The molecule has 13 heavy (non-hydrogen) atoms. The summed E-state index contributed by atoms with van der Waals surface area (Å²) in [6.07, 6.45) is 0. The van der Waals surface area contributed by atoms with Crippen LogP contribution in [0.2, 0.25) is 0 Å². The van der Waals surface area contributed by atoms with Crippen LogP contribution in [0.1, 0.15) is 0 Å². The number of hydrogen-bond donors (Lipinski definition) is 1. The van der Waals surface area contributed by atoms with Crippen molar-refractivity contribution < 1.29 is 18.9 Å². The van der Waals surface area contributed by atoms with Crippen molar-refractivity contribution in [2.45, 2.75) is 0 Å². The second-order valence-corrected chi connectivity index (χ2v) is 2.86. The molecule has 0 radical (unpaired) electrons. The molecular formula is C6H6NO5P. The molecule has 0 aromatic heterocycles. The lowest BCUT2D eigenvalue weighted by Gasteiger charge is -1.99. The Morgan fingerprint density at radius 3 is 2.77 bits per heavy atom. The molecular weight excluding hydrogens is 197 g/mol. The second kappa shape index (κ2) is 4.02. The van der Waals surface area contributed by atoms with Gasteiger partial charge in [-0.05, 0) is 6.07 Å². The summed E-state index contributed by atoms with van der Waals surface area (Å²) in [7, 11) is -3.10. The Morgan fingerprint density at radius 2 is 2.23 bits per heavy atom. The van der Waals surface area contributed by atoms with Crippen molar-refractivity contribution in [2.24, 2.45) is 0 Å². The molecule has 1 aromatic carbocycles. The van der Waals surface area contributed by atoms with Crippen LogP contribution in [0, 0.1) is 10.1 Å². The lowest BCUT2D eigenvalue weighted by atomic mass is 10.3. The number of benzene rings is 1. The number of hydrogen-bond acceptors (Lipinski definition) is 4. The van der Waals surface area contributed by atoms with E-state index in [-0.39, 0.29) is 11.4 Å². The van der Waals surface area contributed by atoms with E-state index >= 15 is 0 Å². The molecule has 0 aliphatic rings. The Balaban J connectivity index is 2.91. The van der Waals surface area contributed by atoms with Gasteiger partial charge in [0.1, 0.15) is 5.75 Å². The van der Waals surface area contributed by atoms with E-state index in [1.165, 1.54) is 18.2 Å². The lowest BCUT2D eigenvalue weighted by Crippen LogP contribution is -1.88. The third kappa shape index (κ3) is 2.85. The minimum absolute atomic E-state index is 0.0144. The highest BCUT2D eigenvalue weighted by Crippen LogP contribution is 2.25. The van der Waals surface area contributed by atoms with E-state index in [4.69, 9.17) is 4.89 Å². The minimum Gasteiger partial charge on any atom is -0.426 e. The molecule has 1 unspecified atom stereocenters. The summed E-state index contributed by atoms with van der Waals surface area (Å²) in [5.74, 6) is 0.0144. The summed E-state index contributed by atoms with van der Waals surface area (Å²) in [5, 5.41) is 10.3. The fraction of sp³-hybridized carbons (Fsp3) is 0. The summed E-state index contributed by atoms with van der Waals surface area (Å²) >= 11 is 0. The van der Waals surface area contributed by atoms with Crippen LogP contribution in [0.4, 0.5) is 5.69 Å². The van der Waals surface area contributed by atoms with Crippen LogP contribution >= 0.6 is 8.25 Å². The van der Waals surface area contributed by atoms with Gasteiger partial charge in [0.05, 0.1) is 11.0 Å². The molecule has 0 heterocycles. The van der Waals surface area contributed by atoms with Crippen molar-refractivity contribution in [3.05, 3.63) is 34.4 Å². The number of nitrogens with zero attached hydrogens (tertiary/aromatic N) is 1. The van der Waals surface area contributed by atoms with E-state index in [2.05, 4.69) is 4.52 Å². The van der Waals surface area contributed by atoms with Gasteiger partial charge in [-0.15, -0.1) is 0 Å². The van der Waals surface area contributed by atoms with Gasteiger partial charge in [-0.2, -0.15) is 0 Å². The highest BCUT2D eigenvalue weighted by Gasteiger charge is 2.06. The third-order valence-corrected chi connectivity index (χ3v) is 1.64. The zero-order chi connectivity index (χ0) is 9.84. The predicted octanol–water partition coefficient (Wildman–Crippen LogP) is 1.36. The molecule has 0 spiro atoms. The number of nitro benzene ring substituents is 1. The average molecular weight is 203 g/mol. The average Bonchev–Trinajstić information content (AvgIpc) is 2.03. The smallest absolute Gasteiger partial charge is 0.365 e. The molecule has 6 nitrogen and oxygen atoms in total. The first kappa shape index (κ1) is 9.70. The van der Waals surface area contributed by atoms with Gasteiger partial charge in [0.15, 0.2) is 0 Å². The molecule has 1 rings (SSSR count). The quantitative estimate of drug-likeness (QED) is 0.455. The summed E-state index contributed by atoms with van der Waals surface area (Å²) in [5.41, 5.74) is -0.180. The third-order valence-electron chi connectivity index (χ3n) is 1.23. The monoisotopic (exact) mass is 203 g/mol. The van der Waals surface area contributed by atoms with E-state index in [1.807, 2.05) is 0 Å². The topological polar surface area (TPSA) is 89.7 Å². The molecule has 7 heteroatoms. The first-order valence-electron chi connectivity index (χ1n) is 3.25. The van der Waals surface area contributed by atoms with Gasteiger partial charge >= 0.3 is 8.25 Å². The van der Waals surface area contributed by atoms with Gasteiger partial charge in [0.25, 0.3) is 5.69 Å². The maximum absolute atomic E-state index is 10.3. The molecule has 1 atom stereocenters. The highest BCUT2D eigenvalue weighted by atomic mass is 31.1. The van der Waals surface area contributed by atoms with E-state index in [0.29, 0.717) is 0 Å². The second-order valence-electron chi connectivity index (χ2n) is 2.12. The first-order valence-corrected chi connectivity index (χ1v) is 4.51. The van der Waals surface area contributed by atoms with Crippen LogP contribution in [0.25, 0.3) is 0 Å². The first-order chi connectivity index (χ1) is 6.09. The summed E-state index contributed by atoms with van der Waals surface area (Å²) in [6, 6.07) is 5.09. The Morgan fingerprint density at radius 1 is 1.54 bits per heavy atom. The van der Waals surface area contributed by atoms with Crippen molar-refractivity contribution in [3.8, 4) is 5.75 Å². The van der Waals surface area contributed by atoms with Crippen LogP contribution in [0.5, 0.6) is 5.75 Å². The number of non-ortho nitro benzene ring substituents is 1. The molecule has 0 fully saturated rings. The van der Waals surface area contributed by atoms with Crippen LogP contribution in [-0.4, -0.2) is 9.82 Å². The highest BCUT2D eigenvalue weighted by molar-refractivity contribution is 7.32. The fourth-order valence-electron chi connectivity index (χ4n) is 0.761. The maximum Gasteiger partial charge on any atom is 0.365 e. The molecule has 70 valence electrons. The van der Waals surface area contributed by atoms with Crippen molar-refractivity contribution >= 4 is 13.9 Å². The lowest BCUT2D eigenvalue weighted by molar-refractivity contribution is -0.384. The van der Waals surface area contributed by atoms with Crippen molar-refractivity contribution in [1.82, 2.24) is 0 Å². The van der Waals surface area contributed by atoms with Crippen LogP contribution in [-0.2, 0) is 4.57 Å². The van der Waals surface area contributed by atoms with E-state index in [9.17, 15) is 14.7 Å². The largest absolute Gasteiger partial charge is 0.426 e. The van der Waals surface area contributed by atoms with Gasteiger partial charge in [-0.3, -0.25) is 10.1 Å². The molecule has 0 amide bonds. The Labute approximate surface area is 73.9 Å². The standard InChI is InChI=1S/C6H6NO5P/c8-7(9)5-2-1-3-6(4-5)12-13(10)11/h1-4,13H,(H,10,11). The van der Waals surface area contributed by atoms with Gasteiger partial charge in [0, 0.05) is 6.07 Å². The molecule has 0 saturated heterocycles. The molecule has 1 N–H and O–H groups in total. The predicted molar refractivity (Wildman–Crippen MR) is 44.9 cm³/mol. The minimum atomic E-state index is -3.10. The van der Waals surface area contributed by atoms with Crippen LogP contribution in [0.3, 0.4) is 0 Å². The van der Waals surface area contributed by atoms with Crippen molar-refractivity contribution in [2.75, 3.05) is 0 Å². The van der Waals surface area contributed by atoms with E-state index < -0.39 is 13.2 Å². The molecule has 1 aromatic rings. The summed E-state index contributed by atoms with van der Waals surface area (Å²) in [6.45, 7) is 0. The van der Waals surface area contributed by atoms with Crippen molar-refractivity contribution in [3.63, 3.8) is 0 Å². The Hall–Kier alpha value is -1.39. The van der Waals surface area contributed by atoms with Crippen LogP contribution in [0.15, 0.2) is 24.3 Å². The Bertz CT molecular complexity index is 353. The fourth-order valence-corrected chi connectivity index (χ4v) is 1.09. The maximum atomic E-state index is 10.3. The SMILES string of the molecule is O=[N+]([O-])c1cccc(O[PH](=O)O)c1. The normalized spacial score (nSPS) is 12.1. The van der Waals surface area contributed by atoms with E-state index in [1.54, 1.807) is 0 Å². The summed E-state index contributed by atoms with van der Waals surface area (Å²) < 4.78 is 14.6. The molecule has 0 saturated carbocycles. The van der Waals surface area contributed by atoms with Crippen LogP contribution < -0.4 is 4.52 Å². The number of rotatable bonds is 3. The molecule has 0 aliphatic carbocycles. The van der Waals surface area contributed by atoms with Gasteiger partial charge in [-0.25, -0.2) is 4.57 Å². The van der Waals surface area contributed by atoms with Gasteiger partial charge in [0.2, 0.25) is 0 Å². The number of nitro groups is 1. The molecule has 0 bridgehead atoms. The zero-order valence-electron chi connectivity index (χ0n) is 6.34. The van der Waals surface area contributed by atoms with Gasteiger partial charge in [-0.1, -0.05) is 6.07 Å². The zero-order valence-corrected chi connectivity index (χ0v) is 7.34. The van der Waals surface area contributed by atoms with Crippen molar-refractivity contribution in [1.29, 1.82) is 0 Å². The molecule has 0 aliphatic heterocycles. The van der Waals surface area contributed by atoms with Gasteiger partial charge < -0.3 is 9.42 Å². The van der Waals surface area contributed by atoms with E-state index in [0.717, 1.165) is 6.07 Å².